The number of aliphatic hydroxyl groups excluding tert-OH is 5. The first-order chi connectivity index (χ1) is 11.7. The van der Waals surface area contributed by atoms with Crippen LogP contribution in [-0.4, -0.2) is 80.7 Å². The van der Waals surface area contributed by atoms with Gasteiger partial charge in [-0.25, -0.2) is 8.42 Å². The fourth-order valence-corrected chi connectivity index (χ4v) is 1.53. The van der Waals surface area contributed by atoms with Gasteiger partial charge >= 0.3 is 0 Å². The van der Waals surface area contributed by atoms with E-state index in [0.717, 1.165) is 5.56 Å². The van der Waals surface area contributed by atoms with Crippen molar-refractivity contribution >= 4 is 20.2 Å². The second kappa shape index (κ2) is 13.4. The van der Waals surface area contributed by atoms with Crippen LogP contribution in [-0.2, 0) is 31.6 Å². The Labute approximate surface area is 148 Å². The van der Waals surface area contributed by atoms with Crippen molar-refractivity contribution < 1.29 is 47.8 Å². The topological polar surface area (TPSA) is 185 Å². The van der Waals surface area contributed by atoms with Gasteiger partial charge in [0, 0.05) is 0 Å². The highest BCUT2D eigenvalue weighted by Gasteiger charge is 2.29. The van der Waals surface area contributed by atoms with E-state index in [1.54, 1.807) is 0 Å². The molecule has 0 spiro atoms. The average Bonchev–Trinajstić information content (AvgIpc) is 2.60. The van der Waals surface area contributed by atoms with Crippen molar-refractivity contribution in [2.75, 3.05) is 13.2 Å². The van der Waals surface area contributed by atoms with E-state index in [9.17, 15) is 23.7 Å². The van der Waals surface area contributed by atoms with Gasteiger partial charge in [-0.05, 0) is 5.56 Å². The molecule has 7 N–H and O–H groups in total. The van der Waals surface area contributed by atoms with Crippen molar-refractivity contribution in [3.8, 4) is 0 Å². The zero-order chi connectivity index (χ0) is 19.4. The normalized spacial score (nSPS) is 18.2. The van der Waals surface area contributed by atoms with Crippen molar-refractivity contribution in [3.05, 3.63) is 35.9 Å². The monoisotopic (exact) mass is 402 g/mol. The van der Waals surface area contributed by atoms with E-state index in [4.69, 9.17) is 24.1 Å². The summed E-state index contributed by atoms with van der Waals surface area (Å²) in [7, 11) is -5.18. The van der Waals surface area contributed by atoms with E-state index in [-0.39, 0.29) is 13.2 Å². The lowest BCUT2D eigenvalue weighted by molar-refractivity contribution is -0.130. The summed E-state index contributed by atoms with van der Waals surface area (Å²) in [5.41, 5.74) is 0.917. The summed E-state index contributed by atoms with van der Waals surface area (Å²) in [6.45, 7) is -0.621. The number of ether oxygens (including phenoxy) is 1. The van der Waals surface area contributed by atoms with Crippen LogP contribution in [0.4, 0.5) is 0 Å². The van der Waals surface area contributed by atoms with Crippen LogP contribution in [0.15, 0.2) is 30.3 Å². The molecule has 12 heteroatoms. The summed E-state index contributed by atoms with van der Waals surface area (Å²) in [5.74, 6) is 0. The summed E-state index contributed by atoms with van der Waals surface area (Å²) in [6, 6.07) is 9.28. The molecule has 6 unspecified atom stereocenters. The van der Waals surface area contributed by atoms with Gasteiger partial charge in [-0.3, -0.25) is 9.11 Å². The van der Waals surface area contributed by atoms with E-state index in [0.29, 0.717) is 0 Å². The highest BCUT2D eigenvalue weighted by atomic mass is 33.2. The number of rotatable bonds is 9. The highest BCUT2D eigenvalue weighted by Crippen LogP contribution is 2.07. The van der Waals surface area contributed by atoms with Gasteiger partial charge in [-0.15, -0.1) is 0 Å². The molecule has 0 aliphatic carbocycles. The lowest BCUT2D eigenvalue weighted by Gasteiger charge is -2.25. The number of benzene rings is 1. The molecule has 0 aromatic heterocycles. The van der Waals surface area contributed by atoms with Gasteiger partial charge in [0.05, 0.1) is 19.8 Å². The number of hydrogen-bond donors (Lipinski definition) is 7. The minimum absolute atomic E-state index is 0.189. The van der Waals surface area contributed by atoms with Crippen LogP contribution >= 0.6 is 0 Å². The lowest BCUT2D eigenvalue weighted by atomic mass is 10.0. The van der Waals surface area contributed by atoms with Gasteiger partial charge in [0.25, 0.3) is 20.2 Å². The minimum Gasteiger partial charge on any atom is -0.394 e. The van der Waals surface area contributed by atoms with Crippen LogP contribution in [0.25, 0.3) is 0 Å². The Hall–Kier alpha value is -0.800. The highest BCUT2D eigenvalue weighted by molar-refractivity contribution is 8.56. The van der Waals surface area contributed by atoms with E-state index in [2.05, 4.69) is 0 Å². The summed E-state index contributed by atoms with van der Waals surface area (Å²) < 4.78 is 38.8. The van der Waals surface area contributed by atoms with Crippen molar-refractivity contribution in [2.45, 2.75) is 31.0 Å². The molecule has 146 valence electrons. The third kappa shape index (κ3) is 10.7. The van der Waals surface area contributed by atoms with E-state index < -0.39 is 51.2 Å². The fraction of sp³-hybridized carbons (Fsp3) is 0.538. The third-order valence-electron chi connectivity index (χ3n) is 2.85. The molecule has 0 radical (unpaired) electrons. The van der Waals surface area contributed by atoms with Crippen LogP contribution in [0.2, 0.25) is 0 Å². The molecule has 25 heavy (non-hydrogen) atoms. The molecule has 0 bridgehead atoms. The van der Waals surface area contributed by atoms with E-state index in [1.807, 2.05) is 30.3 Å². The molecule has 0 amide bonds. The van der Waals surface area contributed by atoms with Crippen molar-refractivity contribution in [1.29, 1.82) is 0 Å². The molecule has 0 aliphatic heterocycles. The Bertz CT molecular complexity index is 503. The molecule has 0 saturated heterocycles. The molecule has 1 rings (SSSR count). The smallest absolute Gasteiger partial charge is 0.274 e. The first-order valence-electron chi connectivity index (χ1n) is 6.87. The largest absolute Gasteiger partial charge is 0.394 e. The van der Waals surface area contributed by atoms with Crippen molar-refractivity contribution in [3.63, 3.8) is 0 Å². The molecule has 10 nitrogen and oxygen atoms in total. The summed E-state index contributed by atoms with van der Waals surface area (Å²) in [6.07, 6.45) is -6.06. The molecule has 0 fully saturated rings. The average molecular weight is 402 g/mol. The molecule has 0 saturated carbocycles. The molecule has 0 aliphatic rings. The SMILES string of the molecule is O=S(O)S(=O)O.OCC(O)C(O)C(O)C(O)COCc1ccccc1. The lowest BCUT2D eigenvalue weighted by Crippen LogP contribution is -2.47. The zero-order valence-corrected chi connectivity index (χ0v) is 14.6. The van der Waals surface area contributed by atoms with Gasteiger partial charge < -0.3 is 30.3 Å². The molecular formula is C13H22O10S2. The Kier molecular flexibility index (Phi) is 13.0. The summed E-state index contributed by atoms with van der Waals surface area (Å²) in [5, 5.41) is 46.3. The van der Waals surface area contributed by atoms with Gasteiger partial charge in [0.2, 0.25) is 0 Å². The Morgan fingerprint density at radius 1 is 0.880 bits per heavy atom. The van der Waals surface area contributed by atoms with Crippen LogP contribution in [0.3, 0.4) is 0 Å². The minimum atomic E-state index is -2.59. The molecule has 0 heterocycles. The molecule has 6 atom stereocenters. The maximum Gasteiger partial charge on any atom is 0.274 e. The van der Waals surface area contributed by atoms with Gasteiger partial charge in [0.1, 0.15) is 24.4 Å². The van der Waals surface area contributed by atoms with Crippen molar-refractivity contribution in [1.82, 2.24) is 0 Å². The van der Waals surface area contributed by atoms with Crippen LogP contribution < -0.4 is 0 Å². The summed E-state index contributed by atoms with van der Waals surface area (Å²) >= 11 is 0. The predicted molar refractivity (Wildman–Crippen MR) is 88.8 cm³/mol. The molecule has 1 aromatic carbocycles. The Morgan fingerprint density at radius 3 is 1.80 bits per heavy atom. The van der Waals surface area contributed by atoms with Crippen LogP contribution in [0.5, 0.6) is 0 Å². The maximum atomic E-state index is 9.58. The first-order valence-corrected chi connectivity index (χ1v) is 9.60. The van der Waals surface area contributed by atoms with Gasteiger partial charge in [-0.1, -0.05) is 30.3 Å². The van der Waals surface area contributed by atoms with Gasteiger partial charge in [0.15, 0.2) is 0 Å². The second-order valence-corrected chi connectivity index (χ2v) is 7.31. The second-order valence-electron chi connectivity index (χ2n) is 4.73. The van der Waals surface area contributed by atoms with Gasteiger partial charge in [-0.2, -0.15) is 0 Å². The standard InChI is InChI=1S/C13H20O6.H2O4S2/c14-6-10(15)12(17)13(18)11(16)8-19-7-9-4-2-1-3-5-9;1-5(2)6(3)4/h1-5,10-18H,6-8H2;(H,1,2)(H,3,4). The number of hydrogen-bond acceptors (Lipinski definition) is 8. The first kappa shape index (κ1) is 24.2. The van der Waals surface area contributed by atoms with Crippen molar-refractivity contribution in [2.24, 2.45) is 0 Å². The maximum absolute atomic E-state index is 9.58. The predicted octanol–water partition coefficient (Wildman–Crippen LogP) is -2.02. The van der Waals surface area contributed by atoms with E-state index in [1.165, 1.54) is 0 Å². The number of aliphatic hydroxyl groups is 5. The van der Waals surface area contributed by atoms with E-state index >= 15 is 0 Å². The van der Waals surface area contributed by atoms with Crippen LogP contribution in [0.1, 0.15) is 5.56 Å². The van der Waals surface area contributed by atoms with Crippen LogP contribution in [0, 0.1) is 0 Å². The summed E-state index contributed by atoms with van der Waals surface area (Å²) in [4.78, 5) is 0. The molecular weight excluding hydrogens is 380 g/mol. The molecule has 1 aromatic rings. The fourth-order valence-electron chi connectivity index (χ4n) is 1.53. The third-order valence-corrected chi connectivity index (χ3v) is 3.82. The quantitative estimate of drug-likeness (QED) is 0.180. The Morgan fingerprint density at radius 2 is 1.36 bits per heavy atom. The zero-order valence-electron chi connectivity index (χ0n) is 13.0. The Balaban J connectivity index is 0.000000823.